The molecule has 0 aliphatic rings. The molecule has 0 fully saturated rings. The van der Waals surface area contributed by atoms with E-state index in [9.17, 15) is 18.8 Å². The number of carbonyl (C=O) groups excluding carboxylic acids is 1. The van der Waals surface area contributed by atoms with Crippen molar-refractivity contribution in [3.63, 3.8) is 0 Å². The molecule has 0 spiro atoms. The molecule has 0 aliphatic heterocycles. The molecule has 2 aromatic carbocycles. The minimum absolute atomic E-state index is 0.0671. The van der Waals surface area contributed by atoms with Gasteiger partial charge >= 0.3 is 5.69 Å². The van der Waals surface area contributed by atoms with Gasteiger partial charge in [0.25, 0.3) is 5.56 Å². The van der Waals surface area contributed by atoms with Gasteiger partial charge in [-0.2, -0.15) is 0 Å². The maximum absolute atomic E-state index is 13.6. The first kappa shape index (κ1) is 23.0. The molecular formula is C24H27FN4O3. The number of benzene rings is 2. The number of hydrogen-bond donors (Lipinski definition) is 2. The Hall–Kier alpha value is -3.68. The summed E-state index contributed by atoms with van der Waals surface area (Å²) >= 11 is 0. The summed E-state index contributed by atoms with van der Waals surface area (Å²) in [5, 5.41) is 0. The highest BCUT2D eigenvalue weighted by Crippen LogP contribution is 2.20. The van der Waals surface area contributed by atoms with Gasteiger partial charge in [-0.1, -0.05) is 56.3 Å². The van der Waals surface area contributed by atoms with Crippen LogP contribution in [0.1, 0.15) is 31.4 Å². The smallest absolute Gasteiger partial charge is 0.330 e. The number of rotatable bonds is 8. The van der Waals surface area contributed by atoms with Crippen molar-refractivity contribution >= 4 is 17.4 Å². The van der Waals surface area contributed by atoms with Crippen molar-refractivity contribution in [2.24, 2.45) is 5.92 Å². The van der Waals surface area contributed by atoms with Crippen LogP contribution in [0.4, 0.5) is 15.9 Å². The quantitative estimate of drug-likeness (QED) is 0.565. The lowest BCUT2D eigenvalue weighted by molar-refractivity contribution is -0.118. The van der Waals surface area contributed by atoms with Gasteiger partial charge in [0.05, 0.1) is 13.0 Å². The fourth-order valence-corrected chi connectivity index (χ4v) is 3.43. The van der Waals surface area contributed by atoms with E-state index in [-0.39, 0.29) is 36.9 Å². The van der Waals surface area contributed by atoms with E-state index in [1.54, 1.807) is 6.07 Å². The van der Waals surface area contributed by atoms with Crippen molar-refractivity contribution in [3.05, 3.63) is 92.4 Å². The molecule has 0 saturated carbocycles. The number of nitrogens with one attached hydrogen (secondary N) is 1. The van der Waals surface area contributed by atoms with E-state index in [2.05, 4.69) is 4.98 Å². The lowest BCUT2D eigenvalue weighted by Crippen LogP contribution is -2.42. The highest BCUT2D eigenvalue weighted by molar-refractivity contribution is 5.96. The number of aromatic amines is 1. The fourth-order valence-electron chi connectivity index (χ4n) is 3.43. The number of halogens is 1. The van der Waals surface area contributed by atoms with Crippen molar-refractivity contribution in [2.75, 3.05) is 17.2 Å². The number of carbonyl (C=O) groups is 1. The van der Waals surface area contributed by atoms with E-state index in [0.717, 1.165) is 5.56 Å². The third kappa shape index (κ3) is 5.51. The maximum Gasteiger partial charge on any atom is 0.330 e. The second kappa shape index (κ2) is 10.1. The van der Waals surface area contributed by atoms with E-state index >= 15 is 0 Å². The number of anilines is 2. The summed E-state index contributed by atoms with van der Waals surface area (Å²) < 4.78 is 14.8. The van der Waals surface area contributed by atoms with Crippen molar-refractivity contribution in [1.29, 1.82) is 0 Å². The van der Waals surface area contributed by atoms with Crippen LogP contribution in [0.3, 0.4) is 0 Å². The molecule has 32 heavy (non-hydrogen) atoms. The third-order valence-electron chi connectivity index (χ3n) is 5.14. The second-order valence-electron chi connectivity index (χ2n) is 8.10. The third-order valence-corrected chi connectivity index (χ3v) is 5.14. The van der Waals surface area contributed by atoms with Gasteiger partial charge < -0.3 is 10.6 Å². The molecule has 7 nitrogen and oxygen atoms in total. The number of amides is 1. The Labute approximate surface area is 185 Å². The molecule has 168 valence electrons. The van der Waals surface area contributed by atoms with Gasteiger partial charge in [0, 0.05) is 6.54 Å². The van der Waals surface area contributed by atoms with Gasteiger partial charge in [-0.3, -0.25) is 19.1 Å². The van der Waals surface area contributed by atoms with E-state index in [1.165, 1.54) is 27.7 Å². The van der Waals surface area contributed by atoms with Crippen LogP contribution in [0, 0.1) is 11.7 Å². The van der Waals surface area contributed by atoms with Crippen LogP contribution in [0.2, 0.25) is 0 Å². The molecule has 3 aromatic rings. The molecular weight excluding hydrogens is 411 g/mol. The number of nitrogens with zero attached hydrogens (tertiary/aromatic N) is 2. The molecule has 0 aliphatic carbocycles. The van der Waals surface area contributed by atoms with Gasteiger partial charge in [-0.05, 0) is 35.6 Å². The number of aromatic nitrogens is 2. The number of hydrogen-bond acceptors (Lipinski definition) is 4. The Kier molecular flexibility index (Phi) is 7.25. The van der Waals surface area contributed by atoms with Crippen molar-refractivity contribution in [1.82, 2.24) is 9.55 Å². The van der Waals surface area contributed by atoms with E-state index in [4.69, 9.17) is 5.73 Å². The standard InChI is InChI=1S/C24H27FN4O3/c1-16(2)11-12-28(20(30)14-18-9-6-10-19(25)13-18)21-22(26)29(24(32)27-23(21)31)15-17-7-4-3-5-8-17/h3-10,13,16H,11-12,14-15,26H2,1-2H3,(H,27,31,32). The summed E-state index contributed by atoms with van der Waals surface area (Å²) in [6.07, 6.45) is 0.512. The normalized spacial score (nSPS) is 11.0. The van der Waals surface area contributed by atoms with Gasteiger partial charge in [0.2, 0.25) is 5.91 Å². The summed E-state index contributed by atoms with van der Waals surface area (Å²) in [6.45, 7) is 4.38. The molecule has 1 heterocycles. The largest absolute Gasteiger partial charge is 0.383 e. The van der Waals surface area contributed by atoms with Crippen LogP contribution < -0.4 is 21.9 Å². The zero-order chi connectivity index (χ0) is 23.3. The van der Waals surface area contributed by atoms with E-state index in [1.807, 2.05) is 44.2 Å². The lowest BCUT2D eigenvalue weighted by atomic mass is 10.1. The zero-order valence-corrected chi connectivity index (χ0v) is 18.2. The topological polar surface area (TPSA) is 101 Å². The zero-order valence-electron chi connectivity index (χ0n) is 18.2. The SMILES string of the molecule is CC(C)CCN(C(=O)Cc1cccc(F)c1)c1c(N)n(Cc2ccccc2)c(=O)[nH]c1=O. The summed E-state index contributed by atoms with van der Waals surface area (Å²) in [7, 11) is 0. The molecule has 3 N–H and O–H groups in total. The average Bonchev–Trinajstić information content (AvgIpc) is 2.74. The molecule has 0 saturated heterocycles. The first-order valence-corrected chi connectivity index (χ1v) is 10.5. The maximum atomic E-state index is 13.6. The Morgan fingerprint density at radius 3 is 2.44 bits per heavy atom. The minimum atomic E-state index is -0.729. The molecule has 0 atom stereocenters. The van der Waals surface area contributed by atoms with Crippen LogP contribution in [-0.2, 0) is 17.8 Å². The van der Waals surface area contributed by atoms with E-state index < -0.39 is 23.0 Å². The monoisotopic (exact) mass is 438 g/mol. The van der Waals surface area contributed by atoms with Crippen LogP contribution in [-0.4, -0.2) is 22.0 Å². The van der Waals surface area contributed by atoms with E-state index in [0.29, 0.717) is 12.0 Å². The summed E-state index contributed by atoms with van der Waals surface area (Å²) in [5.41, 5.74) is 6.14. The predicted molar refractivity (Wildman–Crippen MR) is 123 cm³/mol. The molecule has 0 radical (unpaired) electrons. The van der Waals surface area contributed by atoms with Gasteiger partial charge in [-0.15, -0.1) is 0 Å². The molecule has 8 heteroatoms. The Bertz CT molecular complexity index is 1200. The number of H-pyrrole nitrogens is 1. The summed E-state index contributed by atoms with van der Waals surface area (Å²) in [4.78, 5) is 42.0. The Morgan fingerprint density at radius 2 is 1.78 bits per heavy atom. The van der Waals surface area contributed by atoms with Crippen LogP contribution in [0.25, 0.3) is 0 Å². The highest BCUT2D eigenvalue weighted by Gasteiger charge is 2.24. The first-order valence-electron chi connectivity index (χ1n) is 10.5. The van der Waals surface area contributed by atoms with Gasteiger partial charge in [0.15, 0.2) is 5.69 Å². The van der Waals surface area contributed by atoms with Crippen LogP contribution in [0.5, 0.6) is 0 Å². The second-order valence-corrected chi connectivity index (χ2v) is 8.10. The Balaban J connectivity index is 2.03. The minimum Gasteiger partial charge on any atom is -0.383 e. The number of nitrogen functional groups attached to an aromatic ring is 1. The molecule has 0 unspecified atom stereocenters. The number of nitrogens with two attached hydrogens (primary N) is 1. The molecule has 3 rings (SSSR count). The van der Waals surface area contributed by atoms with Crippen molar-refractivity contribution in [3.8, 4) is 0 Å². The lowest BCUT2D eigenvalue weighted by Gasteiger charge is -2.25. The van der Waals surface area contributed by atoms with Crippen LogP contribution >= 0.6 is 0 Å². The van der Waals surface area contributed by atoms with Crippen molar-refractivity contribution in [2.45, 2.75) is 33.2 Å². The van der Waals surface area contributed by atoms with Crippen molar-refractivity contribution < 1.29 is 9.18 Å². The molecule has 1 amide bonds. The molecule has 0 bridgehead atoms. The fraction of sp³-hybridized carbons (Fsp3) is 0.292. The first-order chi connectivity index (χ1) is 15.3. The average molecular weight is 439 g/mol. The van der Waals surface area contributed by atoms with Gasteiger partial charge in [0.1, 0.15) is 11.6 Å². The summed E-state index contributed by atoms with van der Waals surface area (Å²) in [5.74, 6) is -0.676. The highest BCUT2D eigenvalue weighted by atomic mass is 19.1. The summed E-state index contributed by atoms with van der Waals surface area (Å²) in [6, 6.07) is 14.9. The van der Waals surface area contributed by atoms with Crippen LogP contribution in [0.15, 0.2) is 64.2 Å². The predicted octanol–water partition coefficient (Wildman–Crippen LogP) is 2.93. The Morgan fingerprint density at radius 1 is 1.09 bits per heavy atom. The van der Waals surface area contributed by atoms with Gasteiger partial charge in [-0.25, -0.2) is 9.18 Å². The molecule has 1 aromatic heterocycles.